The van der Waals surface area contributed by atoms with Crippen LogP contribution in [0.1, 0.15) is 12.0 Å². The Balaban J connectivity index is 2.14. The molecule has 2 nitrogen and oxygen atoms in total. The second-order valence-corrected chi connectivity index (χ2v) is 4.20. The van der Waals surface area contributed by atoms with E-state index in [0.717, 1.165) is 35.2 Å². The minimum Gasteiger partial charge on any atom is -0.255 e. The van der Waals surface area contributed by atoms with Gasteiger partial charge in [0.15, 0.2) is 0 Å². The number of halogens is 2. The van der Waals surface area contributed by atoms with Gasteiger partial charge >= 0.3 is 0 Å². The first-order chi connectivity index (χ1) is 6.77. The zero-order chi connectivity index (χ0) is 9.97. The lowest BCUT2D eigenvalue weighted by Gasteiger charge is -2.16. The average molecular weight is 231 g/mol. The quantitative estimate of drug-likeness (QED) is 0.841. The highest BCUT2D eigenvalue weighted by Gasteiger charge is 2.14. The van der Waals surface area contributed by atoms with Gasteiger partial charge in [0, 0.05) is 35.2 Å². The fraction of sp³-hybridized carbons (Fsp3) is 0.400. The van der Waals surface area contributed by atoms with Gasteiger partial charge in [0.2, 0.25) is 0 Å². The maximum absolute atomic E-state index is 6.07. The molecule has 1 aliphatic heterocycles. The smallest absolute Gasteiger partial charge is 0.0466 e. The molecule has 0 amide bonds. The molecule has 0 unspecified atom stereocenters. The molecule has 4 heteroatoms. The van der Waals surface area contributed by atoms with Gasteiger partial charge in [-0.2, -0.15) is 0 Å². The summed E-state index contributed by atoms with van der Waals surface area (Å²) in [6.07, 6.45) is 1.18. The van der Waals surface area contributed by atoms with Crippen molar-refractivity contribution in [2.45, 2.75) is 13.0 Å². The third-order valence-electron chi connectivity index (χ3n) is 2.35. The van der Waals surface area contributed by atoms with Crippen LogP contribution in [0.15, 0.2) is 18.2 Å². The van der Waals surface area contributed by atoms with Crippen LogP contribution in [0.25, 0.3) is 0 Å². The molecule has 0 atom stereocenters. The molecule has 0 bridgehead atoms. The molecular weight excluding hydrogens is 219 g/mol. The predicted molar refractivity (Wildman–Crippen MR) is 59.5 cm³/mol. The highest BCUT2D eigenvalue weighted by Crippen LogP contribution is 2.25. The van der Waals surface area contributed by atoms with Gasteiger partial charge in [-0.15, -0.1) is 0 Å². The summed E-state index contributed by atoms with van der Waals surface area (Å²) in [5.41, 5.74) is 4.28. The van der Waals surface area contributed by atoms with E-state index < -0.39 is 0 Å². The Morgan fingerprint density at radius 1 is 1.29 bits per heavy atom. The SMILES string of the molecule is Clc1cccc(Cl)c1CN1CCCN1. The minimum absolute atomic E-state index is 0.742. The van der Waals surface area contributed by atoms with Crippen LogP contribution in [-0.4, -0.2) is 18.1 Å². The van der Waals surface area contributed by atoms with Crippen molar-refractivity contribution < 1.29 is 0 Å². The van der Waals surface area contributed by atoms with Crippen molar-refractivity contribution in [3.05, 3.63) is 33.8 Å². The molecule has 14 heavy (non-hydrogen) atoms. The third-order valence-corrected chi connectivity index (χ3v) is 3.06. The molecule has 1 fully saturated rings. The number of hydrazine groups is 1. The van der Waals surface area contributed by atoms with Gasteiger partial charge in [0.05, 0.1) is 0 Å². The van der Waals surface area contributed by atoms with Crippen molar-refractivity contribution in [3.63, 3.8) is 0 Å². The van der Waals surface area contributed by atoms with Gasteiger partial charge in [-0.3, -0.25) is 5.43 Å². The first-order valence-electron chi connectivity index (χ1n) is 4.69. The maximum atomic E-state index is 6.07. The number of hydrogen-bond acceptors (Lipinski definition) is 2. The molecular formula is C10H12Cl2N2. The fourth-order valence-electron chi connectivity index (χ4n) is 1.60. The highest BCUT2D eigenvalue weighted by molar-refractivity contribution is 6.35. The molecule has 1 saturated heterocycles. The van der Waals surface area contributed by atoms with E-state index in [1.165, 1.54) is 6.42 Å². The largest absolute Gasteiger partial charge is 0.255 e. The Bertz CT molecular complexity index is 302. The number of hydrogen-bond donors (Lipinski definition) is 1. The van der Waals surface area contributed by atoms with Crippen LogP contribution in [0.4, 0.5) is 0 Å². The summed E-state index contributed by atoms with van der Waals surface area (Å²) in [6.45, 7) is 2.88. The minimum atomic E-state index is 0.742. The first-order valence-corrected chi connectivity index (χ1v) is 5.44. The van der Waals surface area contributed by atoms with Crippen molar-refractivity contribution in [3.8, 4) is 0 Å². The number of benzene rings is 1. The molecule has 0 spiro atoms. The van der Waals surface area contributed by atoms with E-state index in [1.54, 1.807) is 0 Å². The maximum Gasteiger partial charge on any atom is 0.0466 e. The van der Waals surface area contributed by atoms with Crippen molar-refractivity contribution in [2.24, 2.45) is 0 Å². The number of rotatable bonds is 2. The average Bonchev–Trinajstić information content (AvgIpc) is 2.64. The van der Waals surface area contributed by atoms with E-state index in [1.807, 2.05) is 18.2 Å². The lowest BCUT2D eigenvalue weighted by Crippen LogP contribution is -2.30. The molecule has 2 rings (SSSR count). The summed E-state index contributed by atoms with van der Waals surface area (Å²) in [7, 11) is 0. The summed E-state index contributed by atoms with van der Waals surface area (Å²) < 4.78 is 0. The highest BCUT2D eigenvalue weighted by atomic mass is 35.5. The molecule has 1 N–H and O–H groups in total. The van der Waals surface area contributed by atoms with Crippen molar-refractivity contribution >= 4 is 23.2 Å². The van der Waals surface area contributed by atoms with Crippen LogP contribution < -0.4 is 5.43 Å². The van der Waals surface area contributed by atoms with E-state index >= 15 is 0 Å². The summed E-state index contributed by atoms with van der Waals surface area (Å²) in [6, 6.07) is 5.61. The zero-order valence-corrected chi connectivity index (χ0v) is 9.28. The van der Waals surface area contributed by atoms with Gasteiger partial charge in [-0.05, 0) is 18.6 Å². The zero-order valence-electron chi connectivity index (χ0n) is 7.76. The van der Waals surface area contributed by atoms with Crippen LogP contribution in [0.3, 0.4) is 0 Å². The Morgan fingerprint density at radius 3 is 2.57 bits per heavy atom. The Hall–Kier alpha value is -0.280. The molecule has 1 heterocycles. The number of nitrogens with one attached hydrogen (secondary N) is 1. The van der Waals surface area contributed by atoms with Gasteiger partial charge < -0.3 is 0 Å². The topological polar surface area (TPSA) is 15.3 Å². The molecule has 0 aliphatic carbocycles. The van der Waals surface area contributed by atoms with Crippen molar-refractivity contribution in [1.82, 2.24) is 10.4 Å². The standard InChI is InChI=1S/C10H12Cl2N2/c11-9-3-1-4-10(12)8(9)7-14-6-2-5-13-14/h1,3-4,13H,2,5-7H2. The number of nitrogens with zero attached hydrogens (tertiary/aromatic N) is 1. The first kappa shape index (κ1) is 10.2. The summed E-state index contributed by atoms with van der Waals surface area (Å²) in [4.78, 5) is 0. The van der Waals surface area contributed by atoms with Gasteiger partial charge in [-0.25, -0.2) is 5.01 Å². The fourth-order valence-corrected chi connectivity index (χ4v) is 2.11. The molecule has 76 valence electrons. The Kier molecular flexibility index (Phi) is 3.29. The second kappa shape index (κ2) is 4.49. The van der Waals surface area contributed by atoms with E-state index in [-0.39, 0.29) is 0 Å². The molecule has 1 aromatic rings. The van der Waals surface area contributed by atoms with Gasteiger partial charge in [0.1, 0.15) is 0 Å². The molecule has 1 aromatic carbocycles. The second-order valence-electron chi connectivity index (χ2n) is 3.38. The monoisotopic (exact) mass is 230 g/mol. The molecule has 0 radical (unpaired) electrons. The van der Waals surface area contributed by atoms with Gasteiger partial charge in [-0.1, -0.05) is 29.3 Å². The van der Waals surface area contributed by atoms with Crippen LogP contribution >= 0.6 is 23.2 Å². The van der Waals surface area contributed by atoms with E-state index in [0.29, 0.717) is 0 Å². The van der Waals surface area contributed by atoms with E-state index in [9.17, 15) is 0 Å². The summed E-state index contributed by atoms with van der Waals surface area (Å²) >= 11 is 12.1. The normalized spacial score (nSPS) is 17.6. The molecule has 0 aromatic heterocycles. The van der Waals surface area contributed by atoms with Crippen molar-refractivity contribution in [2.75, 3.05) is 13.1 Å². The van der Waals surface area contributed by atoms with Crippen LogP contribution in [0.5, 0.6) is 0 Å². The summed E-state index contributed by atoms with van der Waals surface area (Å²) in [5.74, 6) is 0. The lowest BCUT2D eigenvalue weighted by atomic mass is 10.2. The molecule has 0 saturated carbocycles. The third kappa shape index (κ3) is 2.20. The predicted octanol–water partition coefficient (Wildman–Crippen LogP) is 2.70. The van der Waals surface area contributed by atoms with E-state index in [2.05, 4.69) is 10.4 Å². The summed E-state index contributed by atoms with van der Waals surface area (Å²) in [5, 5.41) is 3.63. The Morgan fingerprint density at radius 2 is 2.00 bits per heavy atom. The Labute approximate surface area is 93.8 Å². The van der Waals surface area contributed by atoms with Crippen LogP contribution in [-0.2, 0) is 6.54 Å². The lowest BCUT2D eigenvalue weighted by molar-refractivity contribution is 0.244. The van der Waals surface area contributed by atoms with E-state index in [4.69, 9.17) is 23.2 Å². The van der Waals surface area contributed by atoms with Crippen molar-refractivity contribution in [1.29, 1.82) is 0 Å². The van der Waals surface area contributed by atoms with Crippen LogP contribution in [0.2, 0.25) is 10.0 Å². The molecule has 1 aliphatic rings. The van der Waals surface area contributed by atoms with Gasteiger partial charge in [0.25, 0.3) is 0 Å². The van der Waals surface area contributed by atoms with Crippen LogP contribution in [0, 0.1) is 0 Å².